The van der Waals surface area contributed by atoms with Crippen molar-refractivity contribution in [2.75, 3.05) is 38.2 Å². The standard InChI is InChI=1S/C20H24N2O3/c1-25-20-13-17(7-12-23)19(24)14-18(20)22-10-8-21(9-11-22)15-16-5-3-2-4-6-16/h2-6,12-14,24H,7-11,15H2,1H3. The van der Waals surface area contributed by atoms with Gasteiger partial charge < -0.3 is 19.5 Å². The van der Waals surface area contributed by atoms with E-state index in [1.807, 2.05) is 6.07 Å². The lowest BCUT2D eigenvalue weighted by molar-refractivity contribution is -0.107. The van der Waals surface area contributed by atoms with Gasteiger partial charge in [0.2, 0.25) is 0 Å². The number of aldehydes is 1. The summed E-state index contributed by atoms with van der Waals surface area (Å²) in [6.45, 7) is 4.60. The number of phenols is 1. The lowest BCUT2D eigenvalue weighted by Gasteiger charge is -2.36. The number of benzene rings is 2. The molecule has 1 saturated heterocycles. The van der Waals surface area contributed by atoms with Gasteiger partial charge in [-0.25, -0.2) is 0 Å². The van der Waals surface area contributed by atoms with Crippen LogP contribution < -0.4 is 9.64 Å². The van der Waals surface area contributed by atoms with E-state index in [9.17, 15) is 9.90 Å². The van der Waals surface area contributed by atoms with Gasteiger partial charge in [0.25, 0.3) is 0 Å². The average molecular weight is 340 g/mol. The number of aromatic hydroxyl groups is 1. The van der Waals surface area contributed by atoms with Gasteiger partial charge in [-0.15, -0.1) is 0 Å². The molecule has 0 atom stereocenters. The molecule has 1 aliphatic rings. The van der Waals surface area contributed by atoms with Crippen LogP contribution in [0.25, 0.3) is 0 Å². The Bertz CT molecular complexity index is 710. The van der Waals surface area contributed by atoms with Crippen LogP contribution in [-0.2, 0) is 17.8 Å². The molecule has 0 saturated carbocycles. The van der Waals surface area contributed by atoms with Crippen molar-refractivity contribution in [1.29, 1.82) is 0 Å². The van der Waals surface area contributed by atoms with Crippen LogP contribution in [0.1, 0.15) is 11.1 Å². The smallest absolute Gasteiger partial charge is 0.142 e. The van der Waals surface area contributed by atoms with Crippen molar-refractivity contribution in [3.05, 3.63) is 53.6 Å². The topological polar surface area (TPSA) is 53.0 Å². The number of phenolic OH excluding ortho intramolecular Hbond substituents is 1. The van der Waals surface area contributed by atoms with Gasteiger partial charge >= 0.3 is 0 Å². The number of hydrogen-bond donors (Lipinski definition) is 1. The lowest BCUT2D eigenvalue weighted by Crippen LogP contribution is -2.46. The van der Waals surface area contributed by atoms with Crippen LogP contribution >= 0.6 is 0 Å². The second kappa shape index (κ2) is 8.03. The van der Waals surface area contributed by atoms with E-state index in [1.165, 1.54) is 5.56 Å². The quantitative estimate of drug-likeness (QED) is 0.819. The minimum atomic E-state index is 0.148. The SMILES string of the molecule is COc1cc(CC=O)c(O)cc1N1CCN(Cc2ccccc2)CC1. The van der Waals surface area contributed by atoms with Crippen molar-refractivity contribution in [1.82, 2.24) is 4.90 Å². The molecular weight excluding hydrogens is 316 g/mol. The summed E-state index contributed by atoms with van der Waals surface area (Å²) in [6, 6.07) is 14.0. The molecule has 0 bridgehead atoms. The van der Waals surface area contributed by atoms with E-state index in [2.05, 4.69) is 34.1 Å². The van der Waals surface area contributed by atoms with Gasteiger partial charge in [0.15, 0.2) is 0 Å². The maximum Gasteiger partial charge on any atom is 0.142 e. The molecule has 0 radical (unpaired) electrons. The molecule has 0 spiro atoms. The third-order valence-electron chi connectivity index (χ3n) is 4.65. The van der Waals surface area contributed by atoms with Crippen LogP contribution in [0.15, 0.2) is 42.5 Å². The third-order valence-corrected chi connectivity index (χ3v) is 4.65. The highest BCUT2D eigenvalue weighted by Crippen LogP contribution is 2.35. The molecule has 132 valence electrons. The Morgan fingerprint density at radius 2 is 1.84 bits per heavy atom. The summed E-state index contributed by atoms with van der Waals surface area (Å²) in [6.07, 6.45) is 0.976. The number of carbonyl (C=O) groups is 1. The van der Waals surface area contributed by atoms with Crippen LogP contribution in [0.5, 0.6) is 11.5 Å². The summed E-state index contributed by atoms with van der Waals surface area (Å²) in [5, 5.41) is 10.2. The molecule has 1 aliphatic heterocycles. The second-order valence-electron chi connectivity index (χ2n) is 6.27. The minimum Gasteiger partial charge on any atom is -0.508 e. The van der Waals surface area contributed by atoms with E-state index >= 15 is 0 Å². The van der Waals surface area contributed by atoms with E-state index in [4.69, 9.17) is 4.74 Å². The average Bonchev–Trinajstić information content (AvgIpc) is 2.65. The zero-order chi connectivity index (χ0) is 17.6. The Balaban J connectivity index is 1.68. The maximum atomic E-state index is 10.7. The van der Waals surface area contributed by atoms with Crippen LogP contribution in [0.4, 0.5) is 5.69 Å². The summed E-state index contributed by atoms with van der Waals surface area (Å²) in [5.41, 5.74) is 2.80. The predicted octanol–water partition coefficient (Wildman–Crippen LogP) is 2.46. The van der Waals surface area contributed by atoms with E-state index in [0.717, 1.165) is 44.7 Å². The van der Waals surface area contributed by atoms with Gasteiger partial charge in [-0.3, -0.25) is 4.90 Å². The molecule has 2 aromatic carbocycles. The number of piperazine rings is 1. The molecule has 1 fully saturated rings. The van der Waals surface area contributed by atoms with Gasteiger partial charge in [0, 0.05) is 50.8 Å². The Hall–Kier alpha value is -2.53. The predicted molar refractivity (Wildman–Crippen MR) is 98.4 cm³/mol. The van der Waals surface area contributed by atoms with Crippen LogP contribution in [-0.4, -0.2) is 49.6 Å². The highest BCUT2D eigenvalue weighted by atomic mass is 16.5. The molecule has 5 nitrogen and oxygen atoms in total. The molecule has 0 amide bonds. The van der Waals surface area contributed by atoms with E-state index < -0.39 is 0 Å². The first kappa shape index (κ1) is 17.3. The molecule has 0 unspecified atom stereocenters. The number of hydrogen-bond acceptors (Lipinski definition) is 5. The Morgan fingerprint density at radius 3 is 2.48 bits per heavy atom. The first-order chi connectivity index (χ1) is 12.2. The summed E-state index contributed by atoms with van der Waals surface area (Å²) < 4.78 is 5.48. The van der Waals surface area contributed by atoms with Gasteiger partial charge in [-0.1, -0.05) is 30.3 Å². The lowest BCUT2D eigenvalue weighted by atomic mass is 10.1. The number of anilines is 1. The fourth-order valence-corrected chi connectivity index (χ4v) is 3.25. The molecule has 5 heteroatoms. The molecular formula is C20H24N2O3. The number of carbonyl (C=O) groups excluding carboxylic acids is 1. The monoisotopic (exact) mass is 340 g/mol. The molecule has 1 N–H and O–H groups in total. The van der Waals surface area contributed by atoms with Crippen molar-refractivity contribution in [2.45, 2.75) is 13.0 Å². The van der Waals surface area contributed by atoms with Crippen molar-refractivity contribution in [2.24, 2.45) is 0 Å². The molecule has 0 aromatic heterocycles. The second-order valence-corrected chi connectivity index (χ2v) is 6.27. The first-order valence-corrected chi connectivity index (χ1v) is 8.56. The normalized spacial score (nSPS) is 15.2. The number of ether oxygens (including phenoxy) is 1. The highest BCUT2D eigenvalue weighted by molar-refractivity contribution is 5.67. The molecule has 2 aromatic rings. The van der Waals surface area contributed by atoms with Gasteiger partial charge in [-0.2, -0.15) is 0 Å². The van der Waals surface area contributed by atoms with E-state index in [0.29, 0.717) is 11.3 Å². The fraction of sp³-hybridized carbons (Fsp3) is 0.350. The molecule has 25 heavy (non-hydrogen) atoms. The van der Waals surface area contributed by atoms with Crippen molar-refractivity contribution < 1.29 is 14.6 Å². The summed E-state index contributed by atoms with van der Waals surface area (Å²) >= 11 is 0. The van der Waals surface area contributed by atoms with Gasteiger partial charge in [-0.05, 0) is 11.6 Å². The summed E-state index contributed by atoms with van der Waals surface area (Å²) in [7, 11) is 1.62. The van der Waals surface area contributed by atoms with E-state index in [1.54, 1.807) is 19.2 Å². The van der Waals surface area contributed by atoms with Crippen LogP contribution in [0.3, 0.4) is 0 Å². The first-order valence-electron chi connectivity index (χ1n) is 8.56. The molecule has 0 aliphatic carbocycles. The van der Waals surface area contributed by atoms with Gasteiger partial charge in [0.05, 0.1) is 12.8 Å². The van der Waals surface area contributed by atoms with Crippen molar-refractivity contribution in [3.8, 4) is 11.5 Å². The Labute approximate surface area is 148 Å². The van der Waals surface area contributed by atoms with Gasteiger partial charge in [0.1, 0.15) is 17.8 Å². The van der Waals surface area contributed by atoms with Crippen LogP contribution in [0, 0.1) is 0 Å². The number of methoxy groups -OCH3 is 1. The van der Waals surface area contributed by atoms with Crippen molar-refractivity contribution >= 4 is 12.0 Å². The zero-order valence-electron chi connectivity index (χ0n) is 14.5. The molecule has 1 heterocycles. The minimum absolute atomic E-state index is 0.148. The number of nitrogens with zero attached hydrogens (tertiary/aromatic N) is 2. The molecule has 3 rings (SSSR count). The van der Waals surface area contributed by atoms with Crippen molar-refractivity contribution in [3.63, 3.8) is 0 Å². The van der Waals surface area contributed by atoms with Crippen LogP contribution in [0.2, 0.25) is 0 Å². The summed E-state index contributed by atoms with van der Waals surface area (Å²) in [5.74, 6) is 0.848. The van der Waals surface area contributed by atoms with E-state index in [-0.39, 0.29) is 12.2 Å². The highest BCUT2D eigenvalue weighted by Gasteiger charge is 2.21. The number of rotatable bonds is 6. The maximum absolute atomic E-state index is 10.7. The Kier molecular flexibility index (Phi) is 5.56. The zero-order valence-corrected chi connectivity index (χ0v) is 14.5. The Morgan fingerprint density at radius 1 is 1.12 bits per heavy atom. The fourth-order valence-electron chi connectivity index (χ4n) is 3.25. The third kappa shape index (κ3) is 4.12. The summed E-state index contributed by atoms with van der Waals surface area (Å²) in [4.78, 5) is 15.4. The largest absolute Gasteiger partial charge is 0.508 e.